The normalized spacial score (nSPS) is 20.1. The summed E-state index contributed by atoms with van der Waals surface area (Å²) >= 11 is 5.92. The van der Waals surface area contributed by atoms with Gasteiger partial charge in [0.2, 0.25) is 5.28 Å². The van der Waals surface area contributed by atoms with Crippen LogP contribution in [0.25, 0.3) is 0 Å². The lowest BCUT2D eigenvalue weighted by Crippen LogP contribution is -2.17. The van der Waals surface area contributed by atoms with E-state index in [1.54, 1.807) is 0 Å². The second-order valence-electron chi connectivity index (χ2n) is 4.50. The highest BCUT2D eigenvalue weighted by molar-refractivity contribution is 6.28. The van der Waals surface area contributed by atoms with E-state index in [1.165, 1.54) is 31.2 Å². The van der Waals surface area contributed by atoms with E-state index in [1.807, 2.05) is 0 Å². The molecule has 5 heteroatoms. The zero-order valence-electron chi connectivity index (χ0n) is 9.09. The van der Waals surface area contributed by atoms with Crippen LogP contribution in [-0.4, -0.2) is 16.0 Å². The molecule has 0 spiro atoms. The molecule has 0 aromatic carbocycles. The Morgan fingerprint density at radius 2 is 2.00 bits per heavy atom. The minimum absolute atomic E-state index is 0.350. The maximum atomic E-state index is 5.92. The highest BCUT2D eigenvalue weighted by atomic mass is 35.5. The fourth-order valence-corrected chi connectivity index (χ4v) is 2.71. The number of anilines is 1. The molecule has 1 saturated carbocycles. The quantitative estimate of drug-likeness (QED) is 0.775. The lowest BCUT2D eigenvalue weighted by atomic mass is 10.2. The Hall–Kier alpha value is -0.870. The van der Waals surface area contributed by atoms with E-state index in [4.69, 9.17) is 11.6 Å². The van der Waals surface area contributed by atoms with Gasteiger partial charge in [0.1, 0.15) is 5.82 Å². The summed E-state index contributed by atoms with van der Waals surface area (Å²) in [6, 6.07) is 0.565. The number of rotatable bonds is 2. The van der Waals surface area contributed by atoms with E-state index in [2.05, 4.69) is 20.6 Å². The summed E-state index contributed by atoms with van der Waals surface area (Å²) in [6.07, 6.45) is 5.11. The monoisotopic (exact) mass is 238 g/mol. The van der Waals surface area contributed by atoms with Crippen molar-refractivity contribution in [1.29, 1.82) is 0 Å². The predicted octanol–water partition coefficient (Wildman–Crippen LogP) is 2.09. The molecule has 4 nitrogen and oxygen atoms in total. The number of hydrogen-bond donors (Lipinski definition) is 2. The molecule has 1 aromatic heterocycles. The molecule has 0 bridgehead atoms. The summed E-state index contributed by atoms with van der Waals surface area (Å²) < 4.78 is 0. The molecule has 1 aliphatic heterocycles. The van der Waals surface area contributed by atoms with Crippen LogP contribution in [0.3, 0.4) is 0 Å². The third-order valence-electron chi connectivity index (χ3n) is 3.36. The molecule has 3 rings (SSSR count). The van der Waals surface area contributed by atoms with Crippen LogP contribution in [0.5, 0.6) is 0 Å². The molecule has 2 aliphatic rings. The summed E-state index contributed by atoms with van der Waals surface area (Å²) in [5, 5.41) is 7.14. The van der Waals surface area contributed by atoms with Gasteiger partial charge in [-0.25, -0.2) is 9.97 Å². The first-order chi connectivity index (χ1) is 7.83. The van der Waals surface area contributed by atoms with Crippen LogP contribution in [0, 0.1) is 0 Å². The summed E-state index contributed by atoms with van der Waals surface area (Å²) in [4.78, 5) is 8.55. The molecular weight excluding hydrogens is 224 g/mol. The van der Waals surface area contributed by atoms with Gasteiger partial charge in [-0.05, 0) is 24.4 Å². The average Bonchev–Trinajstić information content (AvgIpc) is 2.87. The van der Waals surface area contributed by atoms with E-state index >= 15 is 0 Å². The van der Waals surface area contributed by atoms with Gasteiger partial charge in [0.25, 0.3) is 0 Å². The van der Waals surface area contributed by atoms with Crippen LogP contribution in [0.2, 0.25) is 5.28 Å². The Bertz CT molecular complexity index is 401. The number of aromatic nitrogens is 2. The van der Waals surface area contributed by atoms with Gasteiger partial charge >= 0.3 is 0 Å². The van der Waals surface area contributed by atoms with Crippen LogP contribution in [-0.2, 0) is 13.1 Å². The molecule has 86 valence electrons. The second-order valence-corrected chi connectivity index (χ2v) is 4.83. The minimum atomic E-state index is 0.350. The number of nitrogens with one attached hydrogen (secondary N) is 2. The number of fused-ring (bicyclic) bond motifs is 1. The van der Waals surface area contributed by atoms with Crippen molar-refractivity contribution in [2.45, 2.75) is 44.8 Å². The first kappa shape index (κ1) is 10.3. The fraction of sp³-hybridized carbons (Fsp3) is 0.636. The zero-order chi connectivity index (χ0) is 11.0. The zero-order valence-corrected chi connectivity index (χ0v) is 9.85. The summed E-state index contributed by atoms with van der Waals surface area (Å²) in [5.41, 5.74) is 2.23. The van der Waals surface area contributed by atoms with E-state index in [-0.39, 0.29) is 0 Å². The highest BCUT2D eigenvalue weighted by Gasteiger charge is 2.22. The Morgan fingerprint density at radius 1 is 1.19 bits per heavy atom. The van der Waals surface area contributed by atoms with Crippen LogP contribution in [0.15, 0.2) is 0 Å². The van der Waals surface area contributed by atoms with Crippen molar-refractivity contribution in [2.75, 3.05) is 5.32 Å². The summed E-state index contributed by atoms with van der Waals surface area (Å²) in [6.45, 7) is 1.65. The van der Waals surface area contributed by atoms with Crippen LogP contribution < -0.4 is 10.6 Å². The van der Waals surface area contributed by atoms with Crippen molar-refractivity contribution in [1.82, 2.24) is 15.3 Å². The van der Waals surface area contributed by atoms with Crippen molar-refractivity contribution in [3.05, 3.63) is 16.5 Å². The number of nitrogens with zero attached hydrogens (tertiary/aromatic N) is 2. The Balaban J connectivity index is 1.87. The van der Waals surface area contributed by atoms with Crippen molar-refractivity contribution in [2.24, 2.45) is 0 Å². The standard InChI is InChI=1S/C11H15ClN4/c12-11-15-9-6-13-5-8(9)10(16-11)14-7-3-1-2-4-7/h7,13H,1-6H2,(H,14,15,16). The number of halogens is 1. The smallest absolute Gasteiger partial charge is 0.224 e. The van der Waals surface area contributed by atoms with E-state index in [0.29, 0.717) is 11.3 Å². The van der Waals surface area contributed by atoms with Crippen molar-refractivity contribution in [3.8, 4) is 0 Å². The van der Waals surface area contributed by atoms with Gasteiger partial charge in [-0.1, -0.05) is 12.8 Å². The molecule has 0 saturated heterocycles. The van der Waals surface area contributed by atoms with Crippen molar-refractivity contribution >= 4 is 17.4 Å². The van der Waals surface area contributed by atoms with Crippen LogP contribution in [0.4, 0.5) is 5.82 Å². The Kier molecular flexibility index (Phi) is 2.69. The lowest BCUT2D eigenvalue weighted by Gasteiger charge is -2.15. The van der Waals surface area contributed by atoms with Gasteiger partial charge in [-0.15, -0.1) is 0 Å². The second kappa shape index (κ2) is 4.18. The third-order valence-corrected chi connectivity index (χ3v) is 3.52. The molecule has 0 radical (unpaired) electrons. The molecule has 0 unspecified atom stereocenters. The maximum Gasteiger partial charge on any atom is 0.224 e. The van der Waals surface area contributed by atoms with Crippen LogP contribution >= 0.6 is 11.6 Å². The van der Waals surface area contributed by atoms with E-state index < -0.39 is 0 Å². The molecular formula is C11H15ClN4. The van der Waals surface area contributed by atoms with Crippen molar-refractivity contribution < 1.29 is 0 Å². The highest BCUT2D eigenvalue weighted by Crippen LogP contribution is 2.27. The molecule has 1 fully saturated rings. The van der Waals surface area contributed by atoms with Gasteiger partial charge in [-0.3, -0.25) is 0 Å². The first-order valence-electron chi connectivity index (χ1n) is 5.85. The van der Waals surface area contributed by atoms with E-state index in [0.717, 1.165) is 24.6 Å². The Morgan fingerprint density at radius 3 is 2.81 bits per heavy atom. The Labute approximate surface area is 99.8 Å². The number of hydrogen-bond acceptors (Lipinski definition) is 4. The minimum Gasteiger partial charge on any atom is -0.367 e. The molecule has 1 aliphatic carbocycles. The van der Waals surface area contributed by atoms with Crippen LogP contribution in [0.1, 0.15) is 36.9 Å². The first-order valence-corrected chi connectivity index (χ1v) is 6.23. The third kappa shape index (κ3) is 1.87. The average molecular weight is 239 g/mol. The predicted molar refractivity (Wildman–Crippen MR) is 63.5 cm³/mol. The SMILES string of the molecule is Clc1nc2c(c(NC3CCCC3)n1)CNC2. The largest absolute Gasteiger partial charge is 0.367 e. The molecule has 0 atom stereocenters. The summed E-state index contributed by atoms with van der Waals surface area (Å²) in [5.74, 6) is 0.937. The van der Waals surface area contributed by atoms with Gasteiger partial charge < -0.3 is 10.6 Å². The molecule has 2 N–H and O–H groups in total. The van der Waals surface area contributed by atoms with Crippen molar-refractivity contribution in [3.63, 3.8) is 0 Å². The van der Waals surface area contributed by atoms with Gasteiger partial charge in [0, 0.05) is 24.7 Å². The van der Waals surface area contributed by atoms with E-state index in [9.17, 15) is 0 Å². The molecule has 0 amide bonds. The maximum absolute atomic E-state index is 5.92. The van der Waals surface area contributed by atoms with Gasteiger partial charge in [0.15, 0.2) is 0 Å². The summed E-state index contributed by atoms with van der Waals surface area (Å²) in [7, 11) is 0. The molecule has 1 aromatic rings. The molecule has 16 heavy (non-hydrogen) atoms. The van der Waals surface area contributed by atoms with Gasteiger partial charge in [0.05, 0.1) is 5.69 Å². The molecule has 2 heterocycles. The topological polar surface area (TPSA) is 49.8 Å². The lowest BCUT2D eigenvalue weighted by molar-refractivity contribution is 0.741. The fourth-order valence-electron chi connectivity index (χ4n) is 2.52. The van der Waals surface area contributed by atoms with Gasteiger partial charge in [-0.2, -0.15) is 0 Å².